The van der Waals surface area contributed by atoms with Crippen molar-refractivity contribution in [3.05, 3.63) is 18.3 Å². The molecule has 114 valence electrons. The summed E-state index contributed by atoms with van der Waals surface area (Å²) in [5.41, 5.74) is 1.86. The molecule has 0 radical (unpaired) electrons. The van der Waals surface area contributed by atoms with Crippen molar-refractivity contribution in [2.75, 3.05) is 31.6 Å². The van der Waals surface area contributed by atoms with Crippen LogP contribution in [0.2, 0.25) is 0 Å². The summed E-state index contributed by atoms with van der Waals surface area (Å²) >= 11 is 0. The van der Waals surface area contributed by atoms with Gasteiger partial charge in [0.25, 0.3) is 0 Å². The highest BCUT2D eigenvalue weighted by atomic mass is 16.5. The molecule has 2 N–H and O–H groups in total. The Labute approximate surface area is 124 Å². The Morgan fingerprint density at radius 3 is 3.10 bits per heavy atom. The van der Waals surface area contributed by atoms with Gasteiger partial charge in [-0.3, -0.25) is 4.57 Å². The molecule has 1 fully saturated rings. The van der Waals surface area contributed by atoms with Gasteiger partial charge in [-0.15, -0.1) is 0 Å². The predicted molar refractivity (Wildman–Crippen MR) is 83.5 cm³/mol. The fraction of sp³-hybridized carbons (Fsp3) is 0.600. The fourth-order valence-electron chi connectivity index (χ4n) is 2.73. The molecule has 1 aliphatic heterocycles. The van der Waals surface area contributed by atoms with Crippen LogP contribution < -0.4 is 10.6 Å². The van der Waals surface area contributed by atoms with E-state index in [9.17, 15) is 0 Å². The third-order valence-corrected chi connectivity index (χ3v) is 3.84. The largest absolute Gasteiger partial charge is 0.380 e. The van der Waals surface area contributed by atoms with Crippen molar-refractivity contribution in [2.45, 2.75) is 32.4 Å². The number of fused-ring (bicyclic) bond motifs is 1. The molecule has 0 saturated carbocycles. The van der Waals surface area contributed by atoms with Crippen LogP contribution >= 0.6 is 0 Å². The third kappa shape index (κ3) is 3.33. The number of anilines is 1. The molecule has 0 amide bonds. The first-order valence-corrected chi connectivity index (χ1v) is 7.74. The van der Waals surface area contributed by atoms with Gasteiger partial charge in [-0.2, -0.15) is 0 Å². The zero-order valence-electron chi connectivity index (χ0n) is 12.5. The van der Waals surface area contributed by atoms with Gasteiger partial charge in [0.1, 0.15) is 5.52 Å². The Morgan fingerprint density at radius 1 is 1.43 bits per heavy atom. The minimum atomic E-state index is 0.480. The maximum Gasteiger partial charge on any atom is 0.205 e. The van der Waals surface area contributed by atoms with E-state index in [1.807, 2.05) is 25.3 Å². The van der Waals surface area contributed by atoms with E-state index in [4.69, 9.17) is 9.72 Å². The molecule has 0 aliphatic carbocycles. The lowest BCUT2D eigenvalue weighted by Gasteiger charge is -2.24. The normalized spacial score (nSPS) is 16.4. The van der Waals surface area contributed by atoms with Crippen LogP contribution in [0.25, 0.3) is 11.2 Å². The second-order valence-electron chi connectivity index (χ2n) is 5.30. The Bertz CT molecular complexity index is 576. The summed E-state index contributed by atoms with van der Waals surface area (Å²) in [5, 5.41) is 6.97. The summed E-state index contributed by atoms with van der Waals surface area (Å²) < 4.78 is 7.62. The van der Waals surface area contributed by atoms with Crippen LogP contribution in [-0.2, 0) is 11.3 Å². The van der Waals surface area contributed by atoms with Gasteiger partial charge in [-0.25, -0.2) is 9.97 Å². The number of hydrogen-bond donors (Lipinski definition) is 2. The predicted octanol–water partition coefficient (Wildman–Crippen LogP) is 1.63. The molecular formula is C15H23N5O. The molecule has 0 atom stereocenters. The zero-order valence-corrected chi connectivity index (χ0v) is 12.5. The van der Waals surface area contributed by atoms with E-state index in [0.29, 0.717) is 12.6 Å². The van der Waals surface area contributed by atoms with Crippen LogP contribution in [0.4, 0.5) is 5.95 Å². The fourth-order valence-corrected chi connectivity index (χ4v) is 2.73. The van der Waals surface area contributed by atoms with Gasteiger partial charge in [0.05, 0.1) is 13.2 Å². The van der Waals surface area contributed by atoms with Crippen LogP contribution in [0.3, 0.4) is 0 Å². The number of nitrogens with zero attached hydrogens (tertiary/aromatic N) is 3. The van der Waals surface area contributed by atoms with Gasteiger partial charge in [0.2, 0.25) is 5.95 Å². The maximum atomic E-state index is 5.49. The van der Waals surface area contributed by atoms with Gasteiger partial charge in [0.15, 0.2) is 5.65 Å². The van der Waals surface area contributed by atoms with Gasteiger partial charge in [-0.05, 0) is 45.0 Å². The van der Waals surface area contributed by atoms with E-state index in [1.165, 1.54) is 0 Å². The highest BCUT2D eigenvalue weighted by Crippen LogP contribution is 2.19. The first-order chi connectivity index (χ1) is 10.4. The van der Waals surface area contributed by atoms with E-state index < -0.39 is 0 Å². The molecule has 2 aromatic heterocycles. The van der Waals surface area contributed by atoms with E-state index in [2.05, 4.69) is 20.2 Å². The van der Waals surface area contributed by atoms with Crippen LogP contribution in [-0.4, -0.2) is 46.9 Å². The lowest BCUT2D eigenvalue weighted by molar-refractivity contribution is 0.140. The second kappa shape index (κ2) is 6.87. The van der Waals surface area contributed by atoms with Crippen molar-refractivity contribution < 1.29 is 4.74 Å². The van der Waals surface area contributed by atoms with Crippen molar-refractivity contribution >= 4 is 17.1 Å². The third-order valence-electron chi connectivity index (χ3n) is 3.84. The number of piperidine rings is 1. The average Bonchev–Trinajstić information content (AvgIpc) is 2.86. The van der Waals surface area contributed by atoms with Crippen LogP contribution in [0.15, 0.2) is 18.3 Å². The number of hydrogen-bond acceptors (Lipinski definition) is 5. The Balaban J connectivity index is 1.82. The standard InChI is InChI=1S/C15H23N5O/c1-2-21-11-10-20-14-13(4-3-7-17-14)19-15(20)18-12-5-8-16-9-6-12/h3-4,7,12,16H,2,5-6,8-11H2,1H3,(H,18,19). The van der Waals surface area contributed by atoms with E-state index in [1.54, 1.807) is 0 Å². The zero-order chi connectivity index (χ0) is 14.5. The summed E-state index contributed by atoms with van der Waals surface area (Å²) in [6.45, 7) is 6.33. The second-order valence-corrected chi connectivity index (χ2v) is 5.30. The molecule has 0 aromatic carbocycles. The highest BCUT2D eigenvalue weighted by Gasteiger charge is 2.17. The Kier molecular flexibility index (Phi) is 4.67. The van der Waals surface area contributed by atoms with Crippen LogP contribution in [0, 0.1) is 0 Å². The maximum absolute atomic E-state index is 5.49. The number of ether oxygens (including phenoxy) is 1. The number of pyridine rings is 1. The SMILES string of the molecule is CCOCCn1c(NC2CCNCC2)nc2cccnc21. The van der Waals surface area contributed by atoms with Crippen LogP contribution in [0.1, 0.15) is 19.8 Å². The van der Waals surface area contributed by atoms with E-state index >= 15 is 0 Å². The van der Waals surface area contributed by atoms with Crippen molar-refractivity contribution in [3.8, 4) is 0 Å². The molecule has 6 nitrogen and oxygen atoms in total. The van der Waals surface area contributed by atoms with E-state index in [-0.39, 0.29) is 0 Å². The van der Waals surface area contributed by atoms with Crippen molar-refractivity contribution in [3.63, 3.8) is 0 Å². The molecule has 0 spiro atoms. The quantitative estimate of drug-likeness (QED) is 0.791. The number of nitrogens with one attached hydrogen (secondary N) is 2. The molecular weight excluding hydrogens is 266 g/mol. The van der Waals surface area contributed by atoms with Gasteiger partial charge < -0.3 is 15.4 Å². The van der Waals surface area contributed by atoms with Gasteiger partial charge >= 0.3 is 0 Å². The summed E-state index contributed by atoms with van der Waals surface area (Å²) in [7, 11) is 0. The van der Waals surface area contributed by atoms with E-state index in [0.717, 1.165) is 56.2 Å². The molecule has 1 saturated heterocycles. The molecule has 0 bridgehead atoms. The molecule has 0 unspecified atom stereocenters. The molecule has 1 aliphatic rings. The monoisotopic (exact) mass is 289 g/mol. The summed E-state index contributed by atoms with van der Waals surface area (Å²) in [4.78, 5) is 9.17. The number of aromatic nitrogens is 3. The summed E-state index contributed by atoms with van der Waals surface area (Å²) in [6, 6.07) is 4.41. The summed E-state index contributed by atoms with van der Waals surface area (Å²) in [6.07, 6.45) is 4.07. The van der Waals surface area contributed by atoms with Gasteiger partial charge in [-0.1, -0.05) is 0 Å². The van der Waals surface area contributed by atoms with Crippen molar-refractivity contribution in [2.24, 2.45) is 0 Å². The minimum Gasteiger partial charge on any atom is -0.380 e. The highest BCUT2D eigenvalue weighted by molar-refractivity contribution is 5.74. The molecule has 6 heteroatoms. The molecule has 21 heavy (non-hydrogen) atoms. The summed E-state index contributed by atoms with van der Waals surface area (Å²) in [5.74, 6) is 0.912. The minimum absolute atomic E-state index is 0.480. The molecule has 3 heterocycles. The lowest BCUT2D eigenvalue weighted by Crippen LogP contribution is -2.36. The Morgan fingerprint density at radius 2 is 2.29 bits per heavy atom. The lowest BCUT2D eigenvalue weighted by atomic mass is 10.1. The number of rotatable bonds is 6. The van der Waals surface area contributed by atoms with Crippen molar-refractivity contribution in [1.82, 2.24) is 19.9 Å². The first kappa shape index (κ1) is 14.3. The smallest absolute Gasteiger partial charge is 0.205 e. The topological polar surface area (TPSA) is 64.0 Å². The number of imidazole rings is 1. The van der Waals surface area contributed by atoms with Crippen LogP contribution in [0.5, 0.6) is 0 Å². The van der Waals surface area contributed by atoms with Gasteiger partial charge in [0, 0.05) is 18.8 Å². The van der Waals surface area contributed by atoms with Crippen molar-refractivity contribution in [1.29, 1.82) is 0 Å². The first-order valence-electron chi connectivity index (χ1n) is 7.74. The Hall–Kier alpha value is -1.66. The molecule has 3 rings (SSSR count). The average molecular weight is 289 g/mol. The molecule has 2 aromatic rings.